The Morgan fingerprint density at radius 2 is 2.07 bits per heavy atom. The topological polar surface area (TPSA) is 58.7 Å². The molecule has 0 saturated carbocycles. The third-order valence-electron chi connectivity index (χ3n) is 1.78. The molecule has 2 rings (SSSR count). The highest BCUT2D eigenvalue weighted by molar-refractivity contribution is 8.15. The lowest BCUT2D eigenvalue weighted by Gasteiger charge is -2.06. The van der Waals surface area contributed by atoms with Gasteiger partial charge in [0, 0.05) is 0 Å². The van der Waals surface area contributed by atoms with Crippen molar-refractivity contribution in [1.29, 1.82) is 0 Å². The van der Waals surface area contributed by atoms with E-state index in [1.807, 2.05) is 30.3 Å². The molecule has 4 nitrogen and oxygen atoms in total. The molecule has 1 saturated heterocycles. The van der Waals surface area contributed by atoms with Crippen molar-refractivity contribution >= 4 is 28.5 Å². The molecule has 0 aliphatic carbocycles. The molecule has 14 heavy (non-hydrogen) atoms. The third-order valence-corrected chi connectivity index (χ3v) is 2.72. The zero-order valence-corrected chi connectivity index (χ0v) is 8.20. The monoisotopic (exact) mass is 207 g/mol. The first-order valence-corrected chi connectivity index (χ1v) is 5.10. The molecule has 1 aromatic carbocycles. The number of aliphatic imine (C=N–C) groups is 1. The summed E-state index contributed by atoms with van der Waals surface area (Å²) < 4.78 is 0. The molecule has 1 amide bonds. The van der Waals surface area contributed by atoms with Gasteiger partial charge in [-0.25, -0.2) is 15.8 Å². The normalized spacial score (nSPS) is 19.4. The fourth-order valence-electron chi connectivity index (χ4n) is 1.07. The number of hydrogen-bond donors (Lipinski definition) is 1. The standard InChI is InChI=1S/C9H9N3OS/c10-12-8(13)6-14-9(12)11-7-4-2-1-3-5-7/h1-5H,6,10H2. The van der Waals surface area contributed by atoms with Crippen molar-refractivity contribution in [2.45, 2.75) is 0 Å². The summed E-state index contributed by atoms with van der Waals surface area (Å²) in [5.41, 5.74) is 0.806. The highest BCUT2D eigenvalue weighted by Crippen LogP contribution is 2.20. The van der Waals surface area contributed by atoms with Crippen LogP contribution in [0.4, 0.5) is 5.69 Å². The SMILES string of the molecule is NN1C(=O)CSC1=Nc1ccccc1. The number of carbonyl (C=O) groups is 1. The number of nitrogens with zero attached hydrogens (tertiary/aromatic N) is 2. The molecule has 0 radical (unpaired) electrons. The van der Waals surface area contributed by atoms with E-state index in [-0.39, 0.29) is 5.91 Å². The molecule has 0 atom stereocenters. The number of para-hydroxylation sites is 1. The number of thioether (sulfide) groups is 1. The highest BCUT2D eigenvalue weighted by atomic mass is 32.2. The molecule has 0 spiro atoms. The van der Waals surface area contributed by atoms with Crippen molar-refractivity contribution in [3.05, 3.63) is 30.3 Å². The first-order valence-electron chi connectivity index (χ1n) is 4.11. The lowest BCUT2D eigenvalue weighted by molar-refractivity contribution is -0.124. The van der Waals surface area contributed by atoms with Crippen LogP contribution in [0.1, 0.15) is 0 Å². The van der Waals surface area contributed by atoms with Gasteiger partial charge in [-0.1, -0.05) is 30.0 Å². The second-order valence-electron chi connectivity index (χ2n) is 2.78. The Morgan fingerprint density at radius 3 is 2.64 bits per heavy atom. The summed E-state index contributed by atoms with van der Waals surface area (Å²) in [4.78, 5) is 15.3. The van der Waals surface area contributed by atoms with Crippen LogP contribution in [0.5, 0.6) is 0 Å². The lowest BCUT2D eigenvalue weighted by Crippen LogP contribution is -2.35. The van der Waals surface area contributed by atoms with Gasteiger partial charge in [0.25, 0.3) is 5.91 Å². The van der Waals surface area contributed by atoms with E-state index in [4.69, 9.17) is 5.84 Å². The molecule has 0 bridgehead atoms. The molecule has 2 N–H and O–H groups in total. The molecule has 5 heteroatoms. The zero-order valence-electron chi connectivity index (χ0n) is 7.38. The summed E-state index contributed by atoms with van der Waals surface area (Å²) in [6, 6.07) is 9.43. The van der Waals surface area contributed by atoms with E-state index >= 15 is 0 Å². The minimum absolute atomic E-state index is 0.107. The maximum Gasteiger partial charge on any atom is 0.253 e. The summed E-state index contributed by atoms with van der Waals surface area (Å²) in [7, 11) is 0. The number of rotatable bonds is 1. The molecule has 1 aliphatic rings. The van der Waals surface area contributed by atoms with Crippen molar-refractivity contribution in [3.63, 3.8) is 0 Å². The maximum atomic E-state index is 11.1. The predicted molar refractivity (Wildman–Crippen MR) is 57.0 cm³/mol. The minimum Gasteiger partial charge on any atom is -0.272 e. The van der Waals surface area contributed by atoms with Crippen molar-refractivity contribution in [2.24, 2.45) is 10.8 Å². The second-order valence-corrected chi connectivity index (χ2v) is 3.72. The summed E-state index contributed by atoms with van der Waals surface area (Å²) >= 11 is 1.35. The Morgan fingerprint density at radius 1 is 1.36 bits per heavy atom. The van der Waals surface area contributed by atoms with Crippen LogP contribution in [0.2, 0.25) is 0 Å². The molecule has 0 aromatic heterocycles. The van der Waals surface area contributed by atoms with Gasteiger partial charge in [0.15, 0.2) is 5.17 Å². The van der Waals surface area contributed by atoms with Gasteiger partial charge < -0.3 is 0 Å². The van der Waals surface area contributed by atoms with Gasteiger partial charge in [0.05, 0.1) is 11.4 Å². The fraction of sp³-hybridized carbons (Fsp3) is 0.111. The third kappa shape index (κ3) is 1.78. The molecule has 1 aromatic rings. The van der Waals surface area contributed by atoms with Gasteiger partial charge in [0.1, 0.15) is 0 Å². The Bertz CT molecular complexity index is 377. The fourth-order valence-corrected chi connectivity index (χ4v) is 1.87. The van der Waals surface area contributed by atoms with E-state index in [2.05, 4.69) is 4.99 Å². The number of carbonyl (C=O) groups excluding carboxylic acids is 1. The summed E-state index contributed by atoms with van der Waals surface area (Å²) in [5.74, 6) is 5.77. The maximum absolute atomic E-state index is 11.1. The van der Waals surface area contributed by atoms with Crippen LogP contribution < -0.4 is 5.84 Å². The van der Waals surface area contributed by atoms with E-state index in [1.165, 1.54) is 11.8 Å². The van der Waals surface area contributed by atoms with Crippen LogP contribution in [-0.2, 0) is 4.79 Å². The van der Waals surface area contributed by atoms with E-state index in [9.17, 15) is 4.79 Å². The number of hydrazine groups is 1. The van der Waals surface area contributed by atoms with Crippen LogP contribution in [-0.4, -0.2) is 21.8 Å². The van der Waals surface area contributed by atoms with Gasteiger partial charge in [-0.3, -0.25) is 4.79 Å². The van der Waals surface area contributed by atoms with E-state index < -0.39 is 0 Å². The molecular formula is C9H9N3OS. The average molecular weight is 207 g/mol. The van der Waals surface area contributed by atoms with Gasteiger partial charge >= 0.3 is 0 Å². The highest BCUT2D eigenvalue weighted by Gasteiger charge is 2.25. The summed E-state index contributed by atoms with van der Waals surface area (Å²) in [5, 5.41) is 1.65. The summed E-state index contributed by atoms with van der Waals surface area (Å²) in [6.07, 6.45) is 0. The van der Waals surface area contributed by atoms with Gasteiger partial charge in [-0.05, 0) is 12.1 Å². The van der Waals surface area contributed by atoms with Crippen LogP contribution in [0.25, 0.3) is 0 Å². The number of nitrogens with two attached hydrogens (primary N) is 1. The summed E-state index contributed by atoms with van der Waals surface area (Å²) in [6.45, 7) is 0. The largest absolute Gasteiger partial charge is 0.272 e. The first kappa shape index (κ1) is 9.23. The minimum atomic E-state index is -0.107. The van der Waals surface area contributed by atoms with E-state index in [0.717, 1.165) is 10.7 Å². The van der Waals surface area contributed by atoms with Crippen molar-refractivity contribution in [3.8, 4) is 0 Å². The number of amidine groups is 1. The molecule has 1 fully saturated rings. The van der Waals surface area contributed by atoms with E-state index in [1.54, 1.807) is 0 Å². The molecule has 0 unspecified atom stereocenters. The first-order chi connectivity index (χ1) is 6.77. The molecule has 1 aliphatic heterocycles. The van der Waals surface area contributed by atoms with Crippen LogP contribution >= 0.6 is 11.8 Å². The number of benzene rings is 1. The zero-order chi connectivity index (χ0) is 9.97. The van der Waals surface area contributed by atoms with Gasteiger partial charge in [0.2, 0.25) is 0 Å². The Hall–Kier alpha value is -1.33. The van der Waals surface area contributed by atoms with Gasteiger partial charge in [-0.15, -0.1) is 0 Å². The van der Waals surface area contributed by atoms with Crippen LogP contribution in [0.15, 0.2) is 35.3 Å². The van der Waals surface area contributed by atoms with Gasteiger partial charge in [-0.2, -0.15) is 0 Å². The van der Waals surface area contributed by atoms with Crippen LogP contribution in [0.3, 0.4) is 0 Å². The Kier molecular flexibility index (Phi) is 2.51. The van der Waals surface area contributed by atoms with Crippen molar-refractivity contribution in [2.75, 3.05) is 5.75 Å². The Balaban J connectivity index is 2.24. The van der Waals surface area contributed by atoms with Crippen molar-refractivity contribution in [1.82, 2.24) is 5.01 Å². The number of amides is 1. The second kappa shape index (κ2) is 3.81. The lowest BCUT2D eigenvalue weighted by atomic mass is 10.3. The molecule has 1 heterocycles. The Labute approximate surface area is 85.8 Å². The predicted octanol–water partition coefficient (Wildman–Crippen LogP) is 1.12. The molecular weight excluding hydrogens is 198 g/mol. The van der Waals surface area contributed by atoms with Crippen LogP contribution in [0, 0.1) is 0 Å². The smallest absolute Gasteiger partial charge is 0.253 e. The van der Waals surface area contributed by atoms with Crippen molar-refractivity contribution < 1.29 is 4.79 Å². The van der Waals surface area contributed by atoms with E-state index in [0.29, 0.717) is 10.9 Å². The average Bonchev–Trinajstić information content (AvgIpc) is 2.52. The quantitative estimate of drug-likeness (QED) is 0.554. The number of hydrogen-bond acceptors (Lipinski definition) is 4. The molecule has 72 valence electrons.